The molecule has 0 unspecified atom stereocenters. The highest BCUT2D eigenvalue weighted by Gasteiger charge is 2.26. The molecule has 1 N–H and O–H groups in total. The van der Waals surface area contributed by atoms with Crippen molar-refractivity contribution in [3.63, 3.8) is 0 Å². The maximum atomic E-state index is 13.9. The van der Waals surface area contributed by atoms with Gasteiger partial charge in [-0.1, -0.05) is 22.0 Å². The first-order valence-electron chi connectivity index (χ1n) is 7.20. The fraction of sp³-hybridized carbons (Fsp3) is 0.250. The number of fused-ring (bicyclic) bond motifs is 1. The van der Waals surface area contributed by atoms with Crippen LogP contribution in [0.1, 0.15) is 23.6 Å². The highest BCUT2D eigenvalue weighted by Crippen LogP contribution is 2.37. The Morgan fingerprint density at radius 2 is 2.00 bits per heavy atom. The Morgan fingerprint density at radius 1 is 1.21 bits per heavy atom. The molecule has 1 atom stereocenters. The van der Waals surface area contributed by atoms with Gasteiger partial charge in [0.15, 0.2) is 0 Å². The van der Waals surface area contributed by atoms with Gasteiger partial charge in [0, 0.05) is 21.0 Å². The molecule has 0 bridgehead atoms. The predicted molar refractivity (Wildman–Crippen MR) is 94.3 cm³/mol. The Balaban J connectivity index is 1.82. The van der Waals surface area contributed by atoms with Gasteiger partial charge < -0.3 is 0 Å². The molecule has 128 valence electrons. The van der Waals surface area contributed by atoms with Gasteiger partial charge in [-0.2, -0.15) is 0 Å². The third kappa shape index (κ3) is 4.17. The number of benzene rings is 2. The average molecular weight is 434 g/mol. The van der Waals surface area contributed by atoms with Crippen LogP contribution in [0.25, 0.3) is 0 Å². The molecule has 0 radical (unpaired) electrons. The number of rotatable bonds is 4. The first kappa shape index (κ1) is 17.8. The van der Waals surface area contributed by atoms with E-state index in [4.69, 9.17) is 0 Å². The molecule has 0 aliphatic carbocycles. The minimum absolute atomic E-state index is 0.0929. The van der Waals surface area contributed by atoms with Crippen LogP contribution in [0.3, 0.4) is 0 Å². The number of nitrogens with one attached hydrogen (secondary N) is 1. The lowest BCUT2D eigenvalue weighted by atomic mass is 10.0. The minimum Gasteiger partial charge on any atom is -0.212 e. The van der Waals surface area contributed by atoms with E-state index in [2.05, 4.69) is 20.7 Å². The van der Waals surface area contributed by atoms with E-state index in [0.717, 1.165) is 10.6 Å². The Bertz CT molecular complexity index is 874. The van der Waals surface area contributed by atoms with Gasteiger partial charge in [0.1, 0.15) is 11.6 Å². The summed E-state index contributed by atoms with van der Waals surface area (Å²) in [6.45, 7) is 0. The fourth-order valence-electron chi connectivity index (χ4n) is 2.59. The Hall–Kier alpha value is -0.960. The van der Waals surface area contributed by atoms with E-state index in [1.807, 2.05) is 0 Å². The van der Waals surface area contributed by atoms with Crippen molar-refractivity contribution in [2.75, 3.05) is 5.75 Å². The summed E-state index contributed by atoms with van der Waals surface area (Å²) in [6, 6.07) is 8.13. The lowest BCUT2D eigenvalue weighted by Crippen LogP contribution is -2.32. The van der Waals surface area contributed by atoms with Crippen molar-refractivity contribution in [1.29, 1.82) is 0 Å². The van der Waals surface area contributed by atoms with Crippen molar-refractivity contribution in [3.05, 3.63) is 63.6 Å². The summed E-state index contributed by atoms with van der Waals surface area (Å²) in [5.74, 6) is -0.710. The zero-order valence-electron chi connectivity index (χ0n) is 12.4. The number of hydrogen-bond acceptors (Lipinski definition) is 3. The van der Waals surface area contributed by atoms with Crippen LogP contribution in [0.15, 0.2) is 45.8 Å². The average Bonchev–Trinajstić information content (AvgIpc) is 2.50. The number of hydrogen-bond donors (Lipinski definition) is 1. The van der Waals surface area contributed by atoms with Crippen molar-refractivity contribution >= 4 is 37.7 Å². The molecule has 0 saturated carbocycles. The zero-order valence-corrected chi connectivity index (χ0v) is 15.6. The molecule has 3 nitrogen and oxygen atoms in total. The first-order valence-corrected chi connectivity index (χ1v) is 10.6. The van der Waals surface area contributed by atoms with Gasteiger partial charge >= 0.3 is 0 Å². The summed E-state index contributed by atoms with van der Waals surface area (Å²) in [5.41, 5.74) is 0.724. The lowest BCUT2D eigenvalue weighted by Gasteiger charge is -2.25. The van der Waals surface area contributed by atoms with E-state index in [9.17, 15) is 17.2 Å². The Labute approximate surface area is 152 Å². The van der Waals surface area contributed by atoms with E-state index >= 15 is 0 Å². The largest absolute Gasteiger partial charge is 0.216 e. The molecule has 2 aromatic carbocycles. The van der Waals surface area contributed by atoms with E-state index in [1.165, 1.54) is 24.3 Å². The molecule has 0 amide bonds. The second kappa shape index (κ2) is 7.11. The number of halogens is 3. The van der Waals surface area contributed by atoms with Crippen molar-refractivity contribution < 1.29 is 17.2 Å². The van der Waals surface area contributed by atoms with Crippen LogP contribution in [-0.4, -0.2) is 14.2 Å². The van der Waals surface area contributed by atoms with Gasteiger partial charge in [0.05, 0.1) is 5.75 Å². The van der Waals surface area contributed by atoms with Gasteiger partial charge in [0.25, 0.3) is 0 Å². The fourth-order valence-corrected chi connectivity index (χ4v) is 5.43. The standard InChI is InChI=1S/C16H14BrF2NO2S2/c17-11-2-1-10(14(19)7-11)9-24(21,22)20-15-5-6-23-16-4-3-12(18)8-13(15)16/h1-4,7-8,15,20H,5-6,9H2/t15-/m1/s1. The molecule has 1 aliphatic rings. The van der Waals surface area contributed by atoms with Crippen LogP contribution in [0, 0.1) is 11.6 Å². The summed E-state index contributed by atoms with van der Waals surface area (Å²) >= 11 is 4.71. The lowest BCUT2D eigenvalue weighted by molar-refractivity contribution is 0.538. The van der Waals surface area contributed by atoms with Crippen molar-refractivity contribution in [2.24, 2.45) is 0 Å². The number of sulfonamides is 1. The quantitative estimate of drug-likeness (QED) is 0.777. The third-order valence-electron chi connectivity index (χ3n) is 3.69. The zero-order chi connectivity index (χ0) is 17.3. The molecule has 3 rings (SSSR count). The van der Waals surface area contributed by atoms with Crippen LogP contribution in [0.2, 0.25) is 0 Å². The predicted octanol–water partition coefficient (Wildman–Crippen LogP) is 4.38. The van der Waals surface area contributed by atoms with Crippen molar-refractivity contribution in [2.45, 2.75) is 23.1 Å². The molecular formula is C16H14BrF2NO2S2. The monoisotopic (exact) mass is 433 g/mol. The summed E-state index contributed by atoms with van der Waals surface area (Å²) in [7, 11) is -3.76. The minimum atomic E-state index is -3.76. The molecule has 0 fully saturated rings. The van der Waals surface area contributed by atoms with Gasteiger partial charge in [-0.05, 0) is 48.1 Å². The van der Waals surface area contributed by atoms with Crippen LogP contribution in [0.4, 0.5) is 8.78 Å². The molecule has 0 aromatic heterocycles. The van der Waals surface area contributed by atoms with Crippen LogP contribution in [0.5, 0.6) is 0 Å². The van der Waals surface area contributed by atoms with Crippen LogP contribution < -0.4 is 4.72 Å². The van der Waals surface area contributed by atoms with E-state index in [0.29, 0.717) is 16.5 Å². The normalized spacial score (nSPS) is 17.5. The summed E-state index contributed by atoms with van der Waals surface area (Å²) in [4.78, 5) is 0.866. The van der Waals surface area contributed by atoms with E-state index < -0.39 is 33.5 Å². The van der Waals surface area contributed by atoms with Gasteiger partial charge in [-0.15, -0.1) is 11.8 Å². The third-order valence-corrected chi connectivity index (χ3v) is 6.64. The van der Waals surface area contributed by atoms with Crippen molar-refractivity contribution in [3.8, 4) is 0 Å². The topological polar surface area (TPSA) is 46.2 Å². The van der Waals surface area contributed by atoms with Gasteiger partial charge in [-0.25, -0.2) is 21.9 Å². The van der Waals surface area contributed by atoms with Crippen LogP contribution >= 0.6 is 27.7 Å². The molecule has 0 spiro atoms. The van der Waals surface area contributed by atoms with E-state index in [-0.39, 0.29) is 5.56 Å². The number of thioether (sulfide) groups is 1. The highest BCUT2D eigenvalue weighted by molar-refractivity contribution is 9.10. The molecule has 8 heteroatoms. The molecule has 1 aliphatic heterocycles. The van der Waals surface area contributed by atoms with Crippen LogP contribution in [-0.2, 0) is 15.8 Å². The molecule has 2 aromatic rings. The summed E-state index contributed by atoms with van der Waals surface area (Å²) < 4.78 is 55.3. The summed E-state index contributed by atoms with van der Waals surface area (Å²) in [5, 5.41) is 0. The highest BCUT2D eigenvalue weighted by atomic mass is 79.9. The Morgan fingerprint density at radius 3 is 2.75 bits per heavy atom. The molecule has 0 saturated heterocycles. The maximum absolute atomic E-state index is 13.9. The van der Waals surface area contributed by atoms with E-state index in [1.54, 1.807) is 23.9 Å². The maximum Gasteiger partial charge on any atom is 0.216 e. The first-order chi connectivity index (χ1) is 11.3. The van der Waals surface area contributed by atoms with Crippen molar-refractivity contribution in [1.82, 2.24) is 4.72 Å². The second-order valence-electron chi connectivity index (χ2n) is 5.48. The molecule has 24 heavy (non-hydrogen) atoms. The molecule has 1 heterocycles. The van der Waals surface area contributed by atoms with Gasteiger partial charge in [0.2, 0.25) is 10.0 Å². The SMILES string of the molecule is O=S(=O)(Cc1ccc(Br)cc1F)N[C@@H]1CCSc2ccc(F)cc21. The smallest absolute Gasteiger partial charge is 0.212 e. The summed E-state index contributed by atoms with van der Waals surface area (Å²) in [6.07, 6.45) is 0.559. The Kier molecular flexibility index (Phi) is 5.29. The molecular weight excluding hydrogens is 420 g/mol. The second-order valence-corrected chi connectivity index (χ2v) is 9.29. The van der Waals surface area contributed by atoms with Gasteiger partial charge in [-0.3, -0.25) is 0 Å².